The first kappa shape index (κ1) is 20.8. The van der Waals surface area contributed by atoms with E-state index in [-0.39, 0.29) is 29.9 Å². The molecule has 2 aromatic rings. The summed E-state index contributed by atoms with van der Waals surface area (Å²) in [6.45, 7) is 3.84. The zero-order chi connectivity index (χ0) is 17.5. The van der Waals surface area contributed by atoms with E-state index in [1.54, 1.807) is 18.4 Å². The molecule has 0 spiro atoms. The van der Waals surface area contributed by atoms with Crippen LogP contribution in [0.15, 0.2) is 41.0 Å². The second kappa shape index (κ2) is 10.6. The zero-order valence-corrected chi connectivity index (χ0v) is 18.1. The molecule has 0 saturated heterocycles. The quantitative estimate of drug-likeness (QED) is 0.374. The first-order valence-corrected chi connectivity index (χ1v) is 9.52. The predicted molar refractivity (Wildman–Crippen MR) is 117 cm³/mol. The van der Waals surface area contributed by atoms with Crippen LogP contribution < -0.4 is 10.6 Å². The normalized spacial score (nSPS) is 13.7. The lowest BCUT2D eigenvalue weighted by atomic mass is 10.1. The molecule has 8 heteroatoms. The average Bonchev–Trinajstić information content (AvgIpc) is 3.31. The molecule has 3 heterocycles. The van der Waals surface area contributed by atoms with Crippen LogP contribution in [-0.4, -0.2) is 48.0 Å². The lowest BCUT2D eigenvalue weighted by molar-refractivity contribution is -0.131. The van der Waals surface area contributed by atoms with Gasteiger partial charge in [-0.15, -0.1) is 35.3 Å². The minimum Gasteiger partial charge on any atom is -0.356 e. The third kappa shape index (κ3) is 5.73. The van der Waals surface area contributed by atoms with Gasteiger partial charge in [-0.3, -0.25) is 9.79 Å². The molecule has 6 nitrogen and oxygen atoms in total. The van der Waals surface area contributed by atoms with Gasteiger partial charge in [-0.1, -0.05) is 0 Å². The van der Waals surface area contributed by atoms with Crippen LogP contribution in [0.2, 0.25) is 0 Å². The fraction of sp³-hybridized carbons (Fsp3) is 0.444. The molecule has 0 aromatic carbocycles. The maximum absolute atomic E-state index is 12.4. The fourth-order valence-electron chi connectivity index (χ4n) is 2.95. The number of nitrogens with zero attached hydrogens (tertiary/aromatic N) is 3. The van der Waals surface area contributed by atoms with Crippen molar-refractivity contribution in [1.29, 1.82) is 0 Å². The van der Waals surface area contributed by atoms with Gasteiger partial charge < -0.3 is 20.1 Å². The van der Waals surface area contributed by atoms with E-state index in [9.17, 15) is 4.79 Å². The molecular formula is C18H26IN5OS. The smallest absolute Gasteiger partial charge is 0.224 e. The van der Waals surface area contributed by atoms with E-state index in [2.05, 4.69) is 31.6 Å². The monoisotopic (exact) mass is 487 g/mol. The lowest BCUT2D eigenvalue weighted by Gasteiger charge is -2.27. The Labute approximate surface area is 175 Å². The summed E-state index contributed by atoms with van der Waals surface area (Å²) in [6.07, 6.45) is 5.54. The highest BCUT2D eigenvalue weighted by Crippen LogP contribution is 2.24. The Balaban J connectivity index is 0.00000243. The van der Waals surface area contributed by atoms with E-state index in [1.807, 2.05) is 29.4 Å². The van der Waals surface area contributed by atoms with Gasteiger partial charge >= 0.3 is 0 Å². The number of hydrogen-bond acceptors (Lipinski definition) is 3. The van der Waals surface area contributed by atoms with Crippen LogP contribution in [0.4, 0.5) is 0 Å². The average molecular weight is 487 g/mol. The van der Waals surface area contributed by atoms with Crippen molar-refractivity contribution in [2.24, 2.45) is 4.99 Å². The Morgan fingerprint density at radius 2 is 2.04 bits per heavy atom. The van der Waals surface area contributed by atoms with Crippen LogP contribution in [-0.2, 0) is 24.3 Å². The summed E-state index contributed by atoms with van der Waals surface area (Å²) < 4.78 is 2.11. The van der Waals surface area contributed by atoms with E-state index >= 15 is 0 Å². The molecule has 26 heavy (non-hydrogen) atoms. The van der Waals surface area contributed by atoms with Crippen molar-refractivity contribution in [1.82, 2.24) is 20.1 Å². The Kier molecular flexibility index (Phi) is 8.43. The maximum Gasteiger partial charge on any atom is 0.224 e. The van der Waals surface area contributed by atoms with Gasteiger partial charge in [-0.05, 0) is 35.6 Å². The molecule has 142 valence electrons. The number of carbonyl (C=O) groups excluding carboxylic acids is 1. The standard InChI is InChI=1S/C18H25N5OS.HI/c1-19-18(21-8-12-22-9-2-3-10-22)20-7-4-17(24)23-11-5-16-15(14-23)6-13-25-16;/h2-3,6,9-10,13H,4-5,7-8,11-12,14H2,1H3,(H2,19,20,21);1H. The number of aliphatic imine (C=N–C) groups is 1. The highest BCUT2D eigenvalue weighted by atomic mass is 127. The molecule has 0 radical (unpaired) electrons. The molecule has 1 amide bonds. The van der Waals surface area contributed by atoms with E-state index in [4.69, 9.17) is 0 Å². The van der Waals surface area contributed by atoms with Crippen LogP contribution in [0.3, 0.4) is 0 Å². The Morgan fingerprint density at radius 3 is 2.81 bits per heavy atom. The maximum atomic E-state index is 12.4. The zero-order valence-electron chi connectivity index (χ0n) is 15.0. The molecular weight excluding hydrogens is 461 g/mol. The second-order valence-corrected chi connectivity index (χ2v) is 7.03. The molecule has 0 bridgehead atoms. The molecule has 0 saturated carbocycles. The summed E-state index contributed by atoms with van der Waals surface area (Å²) in [5.74, 6) is 0.936. The van der Waals surface area contributed by atoms with Crippen molar-refractivity contribution in [2.75, 3.05) is 26.7 Å². The summed E-state index contributed by atoms with van der Waals surface area (Å²) in [6, 6.07) is 6.16. The Hall–Kier alpha value is -1.55. The molecule has 2 aromatic heterocycles. The van der Waals surface area contributed by atoms with Crippen molar-refractivity contribution in [2.45, 2.75) is 25.9 Å². The molecule has 0 atom stereocenters. The van der Waals surface area contributed by atoms with Gasteiger partial charge in [0.1, 0.15) is 0 Å². The van der Waals surface area contributed by atoms with Gasteiger partial charge in [0.25, 0.3) is 0 Å². The van der Waals surface area contributed by atoms with Crippen molar-refractivity contribution >= 4 is 47.2 Å². The number of amides is 1. The molecule has 1 aliphatic rings. The van der Waals surface area contributed by atoms with Crippen molar-refractivity contribution in [3.05, 3.63) is 46.4 Å². The number of guanidine groups is 1. The van der Waals surface area contributed by atoms with Gasteiger partial charge in [-0.25, -0.2) is 0 Å². The number of thiophene rings is 1. The van der Waals surface area contributed by atoms with Crippen LogP contribution in [0.1, 0.15) is 16.9 Å². The number of nitrogens with one attached hydrogen (secondary N) is 2. The van der Waals surface area contributed by atoms with Gasteiger partial charge in [0, 0.05) is 63.5 Å². The predicted octanol–water partition coefficient (Wildman–Crippen LogP) is 2.31. The third-order valence-electron chi connectivity index (χ3n) is 4.34. The lowest BCUT2D eigenvalue weighted by Crippen LogP contribution is -2.41. The van der Waals surface area contributed by atoms with Crippen LogP contribution in [0.25, 0.3) is 0 Å². The SMILES string of the molecule is CN=C(NCCC(=O)N1CCc2sccc2C1)NCCn1cccc1.I. The summed E-state index contributed by atoms with van der Waals surface area (Å²) in [7, 11) is 1.75. The number of fused-ring (bicyclic) bond motifs is 1. The van der Waals surface area contributed by atoms with E-state index in [0.717, 1.165) is 38.6 Å². The fourth-order valence-corrected chi connectivity index (χ4v) is 3.84. The topological polar surface area (TPSA) is 61.7 Å². The minimum absolute atomic E-state index is 0. The molecule has 1 aliphatic heterocycles. The van der Waals surface area contributed by atoms with Gasteiger partial charge in [0.15, 0.2) is 5.96 Å². The van der Waals surface area contributed by atoms with Gasteiger partial charge in [-0.2, -0.15) is 0 Å². The minimum atomic E-state index is 0. The molecule has 2 N–H and O–H groups in total. The van der Waals surface area contributed by atoms with Crippen LogP contribution in [0, 0.1) is 0 Å². The largest absolute Gasteiger partial charge is 0.356 e. The highest BCUT2D eigenvalue weighted by Gasteiger charge is 2.20. The number of aromatic nitrogens is 1. The van der Waals surface area contributed by atoms with E-state index < -0.39 is 0 Å². The van der Waals surface area contributed by atoms with Crippen LogP contribution >= 0.6 is 35.3 Å². The van der Waals surface area contributed by atoms with Crippen molar-refractivity contribution in [3.63, 3.8) is 0 Å². The summed E-state index contributed by atoms with van der Waals surface area (Å²) >= 11 is 1.79. The van der Waals surface area contributed by atoms with Gasteiger partial charge in [0.05, 0.1) is 0 Å². The van der Waals surface area contributed by atoms with Crippen molar-refractivity contribution < 1.29 is 4.79 Å². The number of halogens is 1. The van der Waals surface area contributed by atoms with E-state index in [0.29, 0.717) is 13.0 Å². The molecule has 3 rings (SSSR count). The molecule has 0 unspecified atom stereocenters. The number of hydrogen-bond donors (Lipinski definition) is 2. The highest BCUT2D eigenvalue weighted by molar-refractivity contribution is 14.0. The third-order valence-corrected chi connectivity index (χ3v) is 5.37. The summed E-state index contributed by atoms with van der Waals surface area (Å²) in [5, 5.41) is 8.60. The Morgan fingerprint density at radius 1 is 1.27 bits per heavy atom. The summed E-state index contributed by atoms with van der Waals surface area (Å²) in [5.41, 5.74) is 1.31. The second-order valence-electron chi connectivity index (χ2n) is 6.03. The van der Waals surface area contributed by atoms with Crippen molar-refractivity contribution in [3.8, 4) is 0 Å². The van der Waals surface area contributed by atoms with E-state index in [1.165, 1.54) is 10.4 Å². The van der Waals surface area contributed by atoms with Crippen LogP contribution in [0.5, 0.6) is 0 Å². The van der Waals surface area contributed by atoms with Gasteiger partial charge in [0.2, 0.25) is 5.91 Å². The molecule has 0 fully saturated rings. The first-order valence-electron chi connectivity index (χ1n) is 8.64. The summed E-state index contributed by atoms with van der Waals surface area (Å²) in [4.78, 5) is 20.0. The molecule has 0 aliphatic carbocycles. The number of rotatable bonds is 6. The Bertz CT molecular complexity index is 713. The first-order chi connectivity index (χ1) is 12.3. The number of carbonyl (C=O) groups is 1.